The van der Waals surface area contributed by atoms with Gasteiger partial charge < -0.3 is 9.84 Å². The topological polar surface area (TPSA) is 49.8 Å². The normalized spacial score (nSPS) is 26.7. The molecule has 0 bridgehead atoms. The monoisotopic (exact) mass is 185 g/mol. The van der Waals surface area contributed by atoms with Crippen LogP contribution in [-0.2, 0) is 9.53 Å². The third-order valence-electron chi connectivity index (χ3n) is 2.14. The molecule has 0 aromatic heterocycles. The number of ether oxygens (including phenoxy) is 1. The molecule has 1 saturated heterocycles. The molecule has 74 valence electrons. The van der Waals surface area contributed by atoms with E-state index in [0.29, 0.717) is 19.7 Å². The number of rotatable bonds is 3. The van der Waals surface area contributed by atoms with Gasteiger partial charge in [0.1, 0.15) is 6.04 Å². The molecule has 0 amide bonds. The van der Waals surface area contributed by atoms with Gasteiger partial charge in [0.25, 0.3) is 0 Å². The lowest BCUT2D eigenvalue weighted by Gasteiger charge is -2.33. The van der Waals surface area contributed by atoms with Gasteiger partial charge >= 0.3 is 5.97 Å². The largest absolute Gasteiger partial charge is 0.480 e. The molecule has 0 aromatic rings. The Bertz CT molecular complexity index is 205. The first kappa shape index (κ1) is 10.2. The summed E-state index contributed by atoms with van der Waals surface area (Å²) in [5, 5.41) is 8.86. The molecule has 0 saturated carbocycles. The molecule has 13 heavy (non-hydrogen) atoms. The van der Waals surface area contributed by atoms with E-state index in [9.17, 15) is 4.79 Å². The standard InChI is InChI=1S/C9H15NO3/c1-3-8(9(11)12)10-4-5-13-7(2)6-10/h3,7-8H,1,4-6H2,2H3,(H,11,12). The summed E-state index contributed by atoms with van der Waals surface area (Å²) in [6.07, 6.45) is 1.57. The van der Waals surface area contributed by atoms with Crippen molar-refractivity contribution in [2.24, 2.45) is 0 Å². The molecule has 1 aliphatic rings. The zero-order valence-corrected chi connectivity index (χ0v) is 7.77. The molecule has 4 heteroatoms. The van der Waals surface area contributed by atoms with Crippen LogP contribution in [-0.4, -0.2) is 47.8 Å². The lowest BCUT2D eigenvalue weighted by Crippen LogP contribution is -2.49. The second kappa shape index (κ2) is 4.39. The average Bonchev–Trinajstić information content (AvgIpc) is 2.04. The number of morpholine rings is 1. The van der Waals surface area contributed by atoms with Gasteiger partial charge in [-0.1, -0.05) is 6.08 Å². The summed E-state index contributed by atoms with van der Waals surface area (Å²) >= 11 is 0. The summed E-state index contributed by atoms with van der Waals surface area (Å²) in [7, 11) is 0. The highest BCUT2D eigenvalue weighted by Crippen LogP contribution is 2.09. The second-order valence-corrected chi connectivity index (χ2v) is 3.20. The Morgan fingerprint density at radius 2 is 2.54 bits per heavy atom. The minimum Gasteiger partial charge on any atom is -0.480 e. The number of aliphatic carboxylic acids is 1. The average molecular weight is 185 g/mol. The van der Waals surface area contributed by atoms with Gasteiger partial charge in [0.15, 0.2) is 0 Å². The fourth-order valence-corrected chi connectivity index (χ4v) is 1.50. The Kier molecular flexibility index (Phi) is 3.45. The third-order valence-corrected chi connectivity index (χ3v) is 2.14. The molecule has 0 radical (unpaired) electrons. The Hall–Kier alpha value is -0.870. The fourth-order valence-electron chi connectivity index (χ4n) is 1.50. The van der Waals surface area contributed by atoms with Crippen LogP contribution < -0.4 is 0 Å². The number of nitrogens with zero attached hydrogens (tertiary/aromatic N) is 1. The van der Waals surface area contributed by atoms with E-state index in [4.69, 9.17) is 9.84 Å². The predicted octanol–water partition coefficient (Wildman–Crippen LogP) is 0.346. The summed E-state index contributed by atoms with van der Waals surface area (Å²) in [6, 6.07) is -0.577. The molecule has 1 fully saturated rings. The summed E-state index contributed by atoms with van der Waals surface area (Å²) in [5.74, 6) is -0.843. The first-order valence-electron chi connectivity index (χ1n) is 4.36. The lowest BCUT2D eigenvalue weighted by atomic mass is 10.2. The highest BCUT2D eigenvalue weighted by molar-refractivity contribution is 5.75. The van der Waals surface area contributed by atoms with Crippen LogP contribution in [0, 0.1) is 0 Å². The molecule has 0 aliphatic carbocycles. The van der Waals surface area contributed by atoms with E-state index in [-0.39, 0.29) is 6.10 Å². The molecule has 1 rings (SSSR count). The highest BCUT2D eigenvalue weighted by Gasteiger charge is 2.26. The van der Waals surface area contributed by atoms with Crippen molar-refractivity contribution in [3.05, 3.63) is 12.7 Å². The first-order valence-corrected chi connectivity index (χ1v) is 4.36. The van der Waals surface area contributed by atoms with Crippen molar-refractivity contribution >= 4 is 5.97 Å². The number of carboxylic acids is 1. The van der Waals surface area contributed by atoms with Gasteiger partial charge in [-0.15, -0.1) is 6.58 Å². The van der Waals surface area contributed by atoms with Crippen LogP contribution in [0.1, 0.15) is 6.92 Å². The molecule has 0 spiro atoms. The van der Waals surface area contributed by atoms with Gasteiger partial charge in [0.05, 0.1) is 12.7 Å². The van der Waals surface area contributed by atoms with Crippen LogP contribution in [0.4, 0.5) is 0 Å². The zero-order chi connectivity index (χ0) is 9.84. The van der Waals surface area contributed by atoms with Gasteiger partial charge in [-0.3, -0.25) is 9.69 Å². The maximum absolute atomic E-state index is 10.8. The number of hydrogen-bond acceptors (Lipinski definition) is 3. The van der Waals surface area contributed by atoms with Gasteiger partial charge in [-0.05, 0) is 6.92 Å². The summed E-state index contributed by atoms with van der Waals surface area (Å²) in [6.45, 7) is 7.37. The smallest absolute Gasteiger partial charge is 0.324 e. The molecular weight excluding hydrogens is 170 g/mol. The van der Waals surface area contributed by atoms with E-state index < -0.39 is 12.0 Å². The Morgan fingerprint density at radius 1 is 1.85 bits per heavy atom. The summed E-state index contributed by atoms with van der Waals surface area (Å²) in [5.41, 5.74) is 0. The van der Waals surface area contributed by atoms with Crippen molar-refractivity contribution < 1.29 is 14.6 Å². The van der Waals surface area contributed by atoms with Gasteiger partial charge in [0.2, 0.25) is 0 Å². The van der Waals surface area contributed by atoms with E-state index >= 15 is 0 Å². The van der Waals surface area contributed by atoms with Crippen molar-refractivity contribution in [1.29, 1.82) is 0 Å². The Labute approximate surface area is 77.8 Å². The predicted molar refractivity (Wildman–Crippen MR) is 48.6 cm³/mol. The van der Waals surface area contributed by atoms with E-state index in [2.05, 4.69) is 6.58 Å². The fraction of sp³-hybridized carbons (Fsp3) is 0.667. The highest BCUT2D eigenvalue weighted by atomic mass is 16.5. The molecule has 1 heterocycles. The molecule has 2 unspecified atom stereocenters. The van der Waals surface area contributed by atoms with E-state index in [1.807, 2.05) is 11.8 Å². The lowest BCUT2D eigenvalue weighted by molar-refractivity contribution is -0.143. The van der Waals surface area contributed by atoms with Gasteiger partial charge in [-0.25, -0.2) is 0 Å². The van der Waals surface area contributed by atoms with E-state index in [0.717, 1.165) is 0 Å². The molecule has 1 N–H and O–H groups in total. The second-order valence-electron chi connectivity index (χ2n) is 3.20. The summed E-state index contributed by atoms with van der Waals surface area (Å²) < 4.78 is 5.31. The molecular formula is C9H15NO3. The van der Waals surface area contributed by atoms with Crippen LogP contribution >= 0.6 is 0 Å². The van der Waals surface area contributed by atoms with E-state index in [1.165, 1.54) is 6.08 Å². The van der Waals surface area contributed by atoms with Crippen LogP contribution in [0.2, 0.25) is 0 Å². The van der Waals surface area contributed by atoms with E-state index in [1.54, 1.807) is 0 Å². The van der Waals surface area contributed by atoms with Crippen molar-refractivity contribution in [3.8, 4) is 0 Å². The van der Waals surface area contributed by atoms with Crippen LogP contribution in [0.25, 0.3) is 0 Å². The van der Waals surface area contributed by atoms with Crippen LogP contribution in [0.5, 0.6) is 0 Å². The molecule has 1 aliphatic heterocycles. The van der Waals surface area contributed by atoms with Crippen molar-refractivity contribution in [1.82, 2.24) is 4.90 Å². The SMILES string of the molecule is C=CC(C(=O)O)N1CCOC(C)C1. The maximum Gasteiger partial charge on any atom is 0.324 e. The Balaban J connectivity index is 2.57. The number of carboxylic acid groups (broad SMARTS) is 1. The van der Waals surface area contributed by atoms with Crippen molar-refractivity contribution in [2.75, 3.05) is 19.7 Å². The Morgan fingerprint density at radius 3 is 3.00 bits per heavy atom. The van der Waals surface area contributed by atoms with Crippen molar-refractivity contribution in [2.45, 2.75) is 19.1 Å². The van der Waals surface area contributed by atoms with Crippen LogP contribution in [0.15, 0.2) is 12.7 Å². The third kappa shape index (κ3) is 2.54. The quantitative estimate of drug-likeness (QED) is 0.644. The molecule has 2 atom stereocenters. The first-order chi connectivity index (χ1) is 6.15. The van der Waals surface area contributed by atoms with Gasteiger partial charge in [0, 0.05) is 13.1 Å². The zero-order valence-electron chi connectivity index (χ0n) is 7.77. The summed E-state index contributed by atoms with van der Waals surface area (Å²) in [4.78, 5) is 12.6. The van der Waals surface area contributed by atoms with Crippen molar-refractivity contribution in [3.63, 3.8) is 0 Å². The number of hydrogen-bond donors (Lipinski definition) is 1. The maximum atomic E-state index is 10.8. The minimum absolute atomic E-state index is 0.107. The molecule has 4 nitrogen and oxygen atoms in total. The molecule has 0 aromatic carbocycles. The minimum atomic E-state index is -0.843. The van der Waals surface area contributed by atoms with Gasteiger partial charge in [-0.2, -0.15) is 0 Å². The van der Waals surface area contributed by atoms with Crippen LogP contribution in [0.3, 0.4) is 0 Å². The number of carbonyl (C=O) groups is 1.